The van der Waals surface area contributed by atoms with Gasteiger partial charge in [0.2, 0.25) is 0 Å². The molecule has 0 fully saturated rings. The summed E-state index contributed by atoms with van der Waals surface area (Å²) in [7, 11) is 0. The van der Waals surface area contributed by atoms with E-state index in [2.05, 4.69) is 0 Å². The van der Waals surface area contributed by atoms with Crippen LogP contribution in [0.3, 0.4) is 0 Å². The van der Waals surface area contributed by atoms with Crippen LogP contribution in [0, 0.1) is 23.3 Å². The van der Waals surface area contributed by atoms with Crippen molar-refractivity contribution < 1.29 is 38.0 Å². The third kappa shape index (κ3) is 5.16. The second kappa shape index (κ2) is 10.6. The summed E-state index contributed by atoms with van der Waals surface area (Å²) in [5, 5.41) is 38.9. The lowest BCUT2D eigenvalue weighted by atomic mass is 9.80. The van der Waals surface area contributed by atoms with Crippen molar-refractivity contribution in [1.82, 2.24) is 0 Å². The molecule has 0 radical (unpaired) electrons. The molecule has 0 spiro atoms. The molecule has 40 heavy (non-hydrogen) atoms. The zero-order valence-electron chi connectivity index (χ0n) is 20.7. The minimum Gasteiger partial charge on any atom is -0.505 e. The van der Waals surface area contributed by atoms with Crippen LogP contribution in [0.4, 0.5) is 17.6 Å². The van der Waals surface area contributed by atoms with E-state index in [0.29, 0.717) is 33.4 Å². The Balaban J connectivity index is 1.71. The van der Waals surface area contributed by atoms with Gasteiger partial charge >= 0.3 is 0 Å². The van der Waals surface area contributed by atoms with E-state index >= 15 is 0 Å². The number of hydrogen-bond acceptors (Lipinski definition) is 4. The van der Waals surface area contributed by atoms with Gasteiger partial charge in [0.05, 0.1) is 0 Å². The number of benzene rings is 5. The van der Waals surface area contributed by atoms with Crippen LogP contribution >= 0.6 is 0 Å². The van der Waals surface area contributed by atoms with Gasteiger partial charge in [0.25, 0.3) is 0 Å². The third-order valence-electron chi connectivity index (χ3n) is 6.80. The Hall–Kier alpha value is -4.98. The highest BCUT2D eigenvalue weighted by molar-refractivity contribution is 5.51. The van der Waals surface area contributed by atoms with Gasteiger partial charge in [-0.1, -0.05) is 48.5 Å². The van der Waals surface area contributed by atoms with Crippen LogP contribution < -0.4 is 0 Å². The normalized spacial score (nSPS) is 11.3. The first-order valence-corrected chi connectivity index (χ1v) is 12.2. The van der Waals surface area contributed by atoms with E-state index < -0.39 is 58.1 Å². The molecule has 4 nitrogen and oxygen atoms in total. The predicted molar refractivity (Wildman–Crippen MR) is 141 cm³/mol. The van der Waals surface area contributed by atoms with Gasteiger partial charge in [-0.05, 0) is 81.9 Å². The molecule has 0 aliphatic heterocycles. The fourth-order valence-corrected chi connectivity index (χ4v) is 4.88. The first-order valence-electron chi connectivity index (χ1n) is 12.2. The third-order valence-corrected chi connectivity index (χ3v) is 6.80. The lowest BCUT2D eigenvalue weighted by Gasteiger charge is -2.24. The SMILES string of the molecule is Oc1ccc(C(c2cccc(C(c3ccc(O)c(F)c3)c3ccc(O)c(F)c3)c2)c2ccc(O)c(F)c2)cc1F. The highest BCUT2D eigenvalue weighted by Gasteiger charge is 2.24. The number of hydrogen-bond donors (Lipinski definition) is 4. The van der Waals surface area contributed by atoms with Gasteiger partial charge in [0, 0.05) is 11.8 Å². The minimum atomic E-state index is -0.880. The maximum Gasteiger partial charge on any atom is 0.165 e. The molecule has 8 heteroatoms. The summed E-state index contributed by atoms with van der Waals surface area (Å²) in [6, 6.07) is 22.0. The van der Waals surface area contributed by atoms with E-state index in [0.717, 1.165) is 24.3 Å². The van der Waals surface area contributed by atoms with Crippen molar-refractivity contribution in [1.29, 1.82) is 0 Å². The van der Waals surface area contributed by atoms with Crippen molar-refractivity contribution in [2.24, 2.45) is 0 Å². The van der Waals surface area contributed by atoms with E-state index in [9.17, 15) is 38.0 Å². The summed E-state index contributed by atoms with van der Waals surface area (Å²) in [6.07, 6.45) is 0. The molecular weight excluding hydrogens is 524 g/mol. The van der Waals surface area contributed by atoms with Crippen LogP contribution in [0.5, 0.6) is 23.0 Å². The van der Waals surface area contributed by atoms with E-state index in [1.165, 1.54) is 48.5 Å². The Kier molecular flexibility index (Phi) is 7.09. The predicted octanol–water partition coefficient (Wildman–Crippen LogP) is 7.43. The molecule has 0 atom stereocenters. The molecule has 5 rings (SSSR count). The van der Waals surface area contributed by atoms with Crippen molar-refractivity contribution in [3.63, 3.8) is 0 Å². The van der Waals surface area contributed by atoms with Crippen molar-refractivity contribution >= 4 is 0 Å². The van der Waals surface area contributed by atoms with Gasteiger partial charge < -0.3 is 20.4 Å². The Morgan fingerprint density at radius 2 is 0.600 bits per heavy atom. The monoisotopic (exact) mass is 546 g/mol. The molecule has 5 aromatic rings. The van der Waals surface area contributed by atoms with Gasteiger partial charge in [0.1, 0.15) is 0 Å². The van der Waals surface area contributed by atoms with Crippen molar-refractivity contribution in [2.45, 2.75) is 11.8 Å². The molecule has 0 bridgehead atoms. The topological polar surface area (TPSA) is 80.9 Å². The minimum absolute atomic E-state index is 0.375. The quantitative estimate of drug-likeness (QED) is 0.132. The van der Waals surface area contributed by atoms with Gasteiger partial charge in [-0.2, -0.15) is 0 Å². The first-order chi connectivity index (χ1) is 19.1. The van der Waals surface area contributed by atoms with Crippen molar-refractivity contribution in [3.8, 4) is 23.0 Å². The summed E-state index contributed by atoms with van der Waals surface area (Å²) in [5.74, 6) is -7.28. The number of halogens is 4. The van der Waals surface area contributed by atoms with Crippen molar-refractivity contribution in [2.75, 3.05) is 0 Å². The van der Waals surface area contributed by atoms with E-state index in [1.54, 1.807) is 24.3 Å². The largest absolute Gasteiger partial charge is 0.505 e. The lowest BCUT2D eigenvalue weighted by Crippen LogP contribution is -2.08. The van der Waals surface area contributed by atoms with Gasteiger partial charge in [0.15, 0.2) is 46.3 Å². The molecule has 202 valence electrons. The van der Waals surface area contributed by atoms with Crippen LogP contribution in [-0.4, -0.2) is 20.4 Å². The average Bonchev–Trinajstić information content (AvgIpc) is 2.93. The van der Waals surface area contributed by atoms with Crippen LogP contribution in [0.25, 0.3) is 0 Å². The van der Waals surface area contributed by atoms with Crippen molar-refractivity contribution in [3.05, 3.63) is 154 Å². The van der Waals surface area contributed by atoms with Crippen LogP contribution in [0.2, 0.25) is 0 Å². The standard InChI is InChI=1S/C32H22F4O4/c33-23-13-19(4-8-27(23)37)31(20-5-9-28(38)24(34)14-20)17-2-1-3-18(12-17)32(21-6-10-29(39)25(35)15-21)22-7-11-30(40)26(36)16-22/h1-16,31-32,37-40H. The molecule has 0 heterocycles. The fraction of sp³-hybridized carbons (Fsp3) is 0.0625. The Morgan fingerprint density at radius 1 is 0.350 bits per heavy atom. The molecule has 0 saturated carbocycles. The maximum absolute atomic E-state index is 14.4. The summed E-state index contributed by atoms with van der Waals surface area (Å²) in [6.45, 7) is 0. The molecule has 4 N–H and O–H groups in total. The number of rotatable bonds is 6. The summed E-state index contributed by atoms with van der Waals surface area (Å²) < 4.78 is 57.7. The fourth-order valence-electron chi connectivity index (χ4n) is 4.88. The zero-order valence-corrected chi connectivity index (χ0v) is 20.7. The summed E-state index contributed by atoms with van der Waals surface area (Å²) >= 11 is 0. The van der Waals surface area contributed by atoms with E-state index in [-0.39, 0.29) is 0 Å². The molecule has 0 aliphatic carbocycles. The first kappa shape index (κ1) is 26.6. The summed E-state index contributed by atoms with van der Waals surface area (Å²) in [5.41, 5.74) is 2.61. The molecule has 0 aromatic heterocycles. The molecule has 5 aromatic carbocycles. The number of phenols is 4. The molecule has 0 unspecified atom stereocenters. The van der Waals surface area contributed by atoms with E-state index in [1.807, 2.05) is 0 Å². The highest BCUT2D eigenvalue weighted by atomic mass is 19.1. The second-order valence-electron chi connectivity index (χ2n) is 9.38. The van der Waals surface area contributed by atoms with Gasteiger partial charge in [-0.3, -0.25) is 0 Å². The number of aromatic hydroxyl groups is 4. The maximum atomic E-state index is 14.4. The summed E-state index contributed by atoms with van der Waals surface area (Å²) in [4.78, 5) is 0. The van der Waals surface area contributed by atoms with Crippen LogP contribution in [0.1, 0.15) is 45.2 Å². The average molecular weight is 547 g/mol. The Morgan fingerprint density at radius 3 is 0.850 bits per heavy atom. The Bertz CT molecular complexity index is 1490. The molecular formula is C32H22F4O4. The zero-order chi connectivity index (χ0) is 28.6. The molecule has 0 amide bonds. The van der Waals surface area contributed by atoms with E-state index in [4.69, 9.17) is 0 Å². The molecule has 0 aliphatic rings. The Labute approximate surface area is 226 Å². The lowest BCUT2D eigenvalue weighted by molar-refractivity contribution is 0.430. The number of phenolic OH excluding ortho intramolecular Hbond substituents is 4. The molecule has 0 saturated heterocycles. The highest BCUT2D eigenvalue weighted by Crippen LogP contribution is 2.40. The smallest absolute Gasteiger partial charge is 0.165 e. The van der Waals surface area contributed by atoms with Gasteiger partial charge in [-0.25, -0.2) is 17.6 Å². The van der Waals surface area contributed by atoms with Crippen LogP contribution in [-0.2, 0) is 0 Å². The van der Waals surface area contributed by atoms with Crippen LogP contribution in [0.15, 0.2) is 97.1 Å². The second-order valence-corrected chi connectivity index (χ2v) is 9.38. The van der Waals surface area contributed by atoms with Gasteiger partial charge in [-0.15, -0.1) is 0 Å².